The smallest absolute Gasteiger partial charge is 0.270 e. The van der Waals surface area contributed by atoms with Crippen LogP contribution in [-0.2, 0) is 0 Å². The SMILES string of the molecule is Cc1cc(Br)cn2c(N)c(-c3cccc([N+](=O)[O-])c3)nc12. The van der Waals surface area contributed by atoms with Crippen LogP contribution < -0.4 is 5.73 Å². The van der Waals surface area contributed by atoms with Crippen LogP contribution >= 0.6 is 15.9 Å². The molecule has 0 spiro atoms. The lowest BCUT2D eigenvalue weighted by Crippen LogP contribution is -1.95. The van der Waals surface area contributed by atoms with E-state index in [1.54, 1.807) is 16.5 Å². The molecular formula is C14H11BrN4O2. The summed E-state index contributed by atoms with van der Waals surface area (Å²) in [5.41, 5.74) is 9.03. The van der Waals surface area contributed by atoms with Gasteiger partial charge in [-0.05, 0) is 34.5 Å². The van der Waals surface area contributed by atoms with Crippen LogP contribution in [0.3, 0.4) is 0 Å². The maximum absolute atomic E-state index is 10.9. The highest BCUT2D eigenvalue weighted by Gasteiger charge is 2.15. The molecule has 0 amide bonds. The molecular weight excluding hydrogens is 336 g/mol. The molecule has 0 aliphatic heterocycles. The number of nitrogens with zero attached hydrogens (tertiary/aromatic N) is 3. The van der Waals surface area contributed by atoms with E-state index in [1.165, 1.54) is 12.1 Å². The van der Waals surface area contributed by atoms with Crippen LogP contribution in [-0.4, -0.2) is 14.3 Å². The summed E-state index contributed by atoms with van der Waals surface area (Å²) in [6, 6.07) is 8.24. The normalized spacial score (nSPS) is 11.0. The van der Waals surface area contributed by atoms with Crippen LogP contribution in [0.4, 0.5) is 11.5 Å². The molecule has 0 radical (unpaired) electrons. The quantitative estimate of drug-likeness (QED) is 0.567. The number of hydrogen-bond acceptors (Lipinski definition) is 4. The van der Waals surface area contributed by atoms with Crippen molar-refractivity contribution in [3.8, 4) is 11.3 Å². The summed E-state index contributed by atoms with van der Waals surface area (Å²) in [7, 11) is 0. The van der Waals surface area contributed by atoms with Crippen LogP contribution in [0.15, 0.2) is 41.0 Å². The van der Waals surface area contributed by atoms with Gasteiger partial charge >= 0.3 is 0 Å². The van der Waals surface area contributed by atoms with E-state index in [0.717, 1.165) is 15.7 Å². The number of imidazole rings is 1. The minimum Gasteiger partial charge on any atom is -0.383 e. The molecule has 0 aliphatic carbocycles. The zero-order chi connectivity index (χ0) is 15.1. The number of rotatable bonds is 2. The monoisotopic (exact) mass is 346 g/mol. The lowest BCUT2D eigenvalue weighted by molar-refractivity contribution is -0.384. The Morgan fingerprint density at radius 3 is 2.86 bits per heavy atom. The molecule has 2 aromatic heterocycles. The molecule has 0 atom stereocenters. The van der Waals surface area contributed by atoms with Crippen molar-refractivity contribution in [1.29, 1.82) is 0 Å². The predicted molar refractivity (Wildman–Crippen MR) is 84.1 cm³/mol. The van der Waals surface area contributed by atoms with Gasteiger partial charge in [0.05, 0.1) is 4.92 Å². The highest BCUT2D eigenvalue weighted by molar-refractivity contribution is 9.10. The van der Waals surface area contributed by atoms with Crippen molar-refractivity contribution in [2.75, 3.05) is 5.73 Å². The zero-order valence-corrected chi connectivity index (χ0v) is 12.7. The van der Waals surface area contributed by atoms with Gasteiger partial charge in [-0.25, -0.2) is 4.98 Å². The van der Waals surface area contributed by atoms with Crippen molar-refractivity contribution in [2.45, 2.75) is 6.92 Å². The Hall–Kier alpha value is -2.41. The molecule has 6 nitrogen and oxygen atoms in total. The number of hydrogen-bond donors (Lipinski definition) is 1. The molecule has 0 bridgehead atoms. The standard InChI is InChI=1S/C14H11BrN4O2/c1-8-5-10(15)7-18-13(16)12(17-14(8)18)9-3-2-4-11(6-9)19(20)21/h2-7H,16H2,1H3. The predicted octanol–water partition coefficient (Wildman–Crippen LogP) is 3.56. The van der Waals surface area contributed by atoms with Gasteiger partial charge in [0.25, 0.3) is 5.69 Å². The van der Waals surface area contributed by atoms with Gasteiger partial charge < -0.3 is 5.73 Å². The molecule has 0 aliphatic rings. The lowest BCUT2D eigenvalue weighted by atomic mass is 10.1. The molecule has 0 unspecified atom stereocenters. The largest absolute Gasteiger partial charge is 0.383 e. The highest BCUT2D eigenvalue weighted by atomic mass is 79.9. The minimum atomic E-state index is -0.433. The van der Waals surface area contributed by atoms with E-state index in [9.17, 15) is 10.1 Å². The maximum Gasteiger partial charge on any atom is 0.270 e. The molecule has 3 rings (SSSR count). The third-order valence-corrected chi connectivity index (χ3v) is 3.67. The fraction of sp³-hybridized carbons (Fsp3) is 0.0714. The Bertz CT molecular complexity index is 873. The number of nitro benzene ring substituents is 1. The number of nitrogen functional groups attached to an aromatic ring is 1. The summed E-state index contributed by atoms with van der Waals surface area (Å²) in [5, 5.41) is 10.9. The van der Waals surface area contributed by atoms with Gasteiger partial charge in [0.1, 0.15) is 17.2 Å². The first-order valence-electron chi connectivity index (χ1n) is 6.16. The van der Waals surface area contributed by atoms with Crippen LogP contribution in [0, 0.1) is 17.0 Å². The Labute approximate surface area is 128 Å². The first-order chi connectivity index (χ1) is 9.97. The third kappa shape index (κ3) is 2.25. The first kappa shape index (κ1) is 13.6. The number of non-ortho nitro benzene ring substituents is 1. The van der Waals surface area contributed by atoms with Gasteiger partial charge in [-0.1, -0.05) is 12.1 Å². The van der Waals surface area contributed by atoms with Crippen LogP contribution in [0.5, 0.6) is 0 Å². The molecule has 7 heteroatoms. The van der Waals surface area contributed by atoms with E-state index >= 15 is 0 Å². The summed E-state index contributed by atoms with van der Waals surface area (Å²) in [5.74, 6) is 0.454. The minimum absolute atomic E-state index is 0.0156. The molecule has 0 fully saturated rings. The van der Waals surface area contributed by atoms with Gasteiger partial charge in [-0.15, -0.1) is 0 Å². The van der Waals surface area contributed by atoms with Gasteiger partial charge in [-0.3, -0.25) is 14.5 Å². The molecule has 0 saturated heterocycles. The van der Waals surface area contributed by atoms with Crippen LogP contribution in [0.25, 0.3) is 16.9 Å². The molecule has 1 aromatic carbocycles. The fourth-order valence-electron chi connectivity index (χ4n) is 2.27. The number of benzene rings is 1. The second kappa shape index (κ2) is 4.85. The summed E-state index contributed by atoms with van der Waals surface area (Å²) >= 11 is 3.42. The topological polar surface area (TPSA) is 86.5 Å². The molecule has 3 aromatic rings. The van der Waals surface area contributed by atoms with Gasteiger partial charge in [0, 0.05) is 28.4 Å². The van der Waals surface area contributed by atoms with E-state index in [2.05, 4.69) is 20.9 Å². The Morgan fingerprint density at radius 1 is 1.38 bits per heavy atom. The lowest BCUT2D eigenvalue weighted by Gasteiger charge is -2.01. The highest BCUT2D eigenvalue weighted by Crippen LogP contribution is 2.30. The molecule has 2 N–H and O–H groups in total. The van der Waals surface area contributed by atoms with Gasteiger partial charge in [0.2, 0.25) is 0 Å². The van der Waals surface area contributed by atoms with Crippen LogP contribution in [0.1, 0.15) is 5.56 Å². The Kier molecular flexibility index (Phi) is 3.13. The summed E-state index contributed by atoms with van der Waals surface area (Å²) in [6.07, 6.45) is 1.82. The number of nitro groups is 1. The molecule has 106 valence electrons. The maximum atomic E-state index is 10.9. The summed E-state index contributed by atoms with van der Waals surface area (Å²) in [6.45, 7) is 1.93. The van der Waals surface area contributed by atoms with E-state index in [1.807, 2.05) is 19.2 Å². The van der Waals surface area contributed by atoms with Crippen molar-refractivity contribution in [2.24, 2.45) is 0 Å². The van der Waals surface area contributed by atoms with Gasteiger partial charge in [0.15, 0.2) is 0 Å². The van der Waals surface area contributed by atoms with Crippen molar-refractivity contribution >= 4 is 33.1 Å². The zero-order valence-electron chi connectivity index (χ0n) is 11.1. The number of fused-ring (bicyclic) bond motifs is 1. The van der Waals surface area contributed by atoms with Crippen LogP contribution in [0.2, 0.25) is 0 Å². The Morgan fingerprint density at radius 2 is 2.14 bits per heavy atom. The van der Waals surface area contributed by atoms with E-state index < -0.39 is 4.92 Å². The third-order valence-electron chi connectivity index (χ3n) is 3.24. The fourth-order valence-corrected chi connectivity index (χ4v) is 2.81. The number of aromatic nitrogens is 2. The van der Waals surface area contributed by atoms with Crippen molar-refractivity contribution in [3.05, 3.63) is 56.7 Å². The van der Waals surface area contributed by atoms with Gasteiger partial charge in [-0.2, -0.15) is 0 Å². The van der Waals surface area contributed by atoms with Crippen molar-refractivity contribution in [1.82, 2.24) is 9.38 Å². The molecule has 2 heterocycles. The number of pyridine rings is 1. The number of aryl methyl sites for hydroxylation is 1. The summed E-state index contributed by atoms with van der Waals surface area (Å²) in [4.78, 5) is 15.0. The average Bonchev–Trinajstić information content (AvgIpc) is 2.77. The van der Waals surface area contributed by atoms with Crippen molar-refractivity contribution in [3.63, 3.8) is 0 Å². The average molecular weight is 347 g/mol. The first-order valence-corrected chi connectivity index (χ1v) is 6.95. The Balaban J connectivity index is 2.26. The second-order valence-corrected chi connectivity index (χ2v) is 5.60. The summed E-state index contributed by atoms with van der Waals surface area (Å²) < 4.78 is 2.66. The number of halogens is 1. The van der Waals surface area contributed by atoms with Crippen molar-refractivity contribution < 1.29 is 4.92 Å². The van der Waals surface area contributed by atoms with E-state index in [-0.39, 0.29) is 5.69 Å². The molecule has 21 heavy (non-hydrogen) atoms. The number of anilines is 1. The number of nitrogens with two attached hydrogens (primary N) is 1. The van der Waals surface area contributed by atoms with E-state index in [4.69, 9.17) is 5.73 Å². The van der Waals surface area contributed by atoms with E-state index in [0.29, 0.717) is 17.1 Å². The molecule has 0 saturated carbocycles. The second-order valence-electron chi connectivity index (χ2n) is 4.69.